The highest BCUT2D eigenvalue weighted by molar-refractivity contribution is 5.97. The molecule has 0 radical (unpaired) electrons. The summed E-state index contributed by atoms with van der Waals surface area (Å²) in [5.74, 6) is -10.7. The van der Waals surface area contributed by atoms with E-state index in [1.165, 1.54) is 21.0 Å². The lowest BCUT2D eigenvalue weighted by molar-refractivity contribution is -0.326. The summed E-state index contributed by atoms with van der Waals surface area (Å²) in [5.41, 5.74) is 2.83. The molecule has 10 atom stereocenters. The number of ether oxygens (including phenoxy) is 3. The lowest BCUT2D eigenvalue weighted by atomic mass is 9.79. The molecule has 1 unspecified atom stereocenters. The second-order valence-electron chi connectivity index (χ2n) is 17.0. The Kier molecular flexibility index (Phi) is 16.4. The Hall–Kier alpha value is -4.03. The lowest BCUT2D eigenvalue weighted by Crippen LogP contribution is -2.70. The maximum Gasteiger partial charge on any atom is 0.331 e. The predicted molar refractivity (Wildman–Crippen MR) is 206 cm³/mol. The first kappa shape index (κ1) is 48.6. The van der Waals surface area contributed by atoms with Gasteiger partial charge in [-0.05, 0) is 77.0 Å². The van der Waals surface area contributed by atoms with Crippen LogP contribution in [-0.2, 0) is 47.8 Å². The number of cyclic esters (lactones) is 1. The highest BCUT2D eigenvalue weighted by Crippen LogP contribution is 2.40. The van der Waals surface area contributed by atoms with E-state index in [2.05, 4.69) is 21.5 Å². The fraction of sp³-hybridized carbons (Fsp3) is 0.816. The van der Waals surface area contributed by atoms with E-state index in [1.807, 2.05) is 13.8 Å². The first-order valence-electron chi connectivity index (χ1n) is 20.6. The molecule has 0 aromatic heterocycles. The Morgan fingerprint density at radius 1 is 0.933 bits per heavy atom. The van der Waals surface area contributed by atoms with Crippen molar-refractivity contribution in [2.75, 3.05) is 33.4 Å². The summed E-state index contributed by atoms with van der Waals surface area (Å²) in [6.45, 7) is 10.1. The molecule has 6 amide bonds. The first-order valence-corrected chi connectivity index (χ1v) is 20.6. The summed E-state index contributed by atoms with van der Waals surface area (Å²) in [7, 11) is 1.20. The third-order valence-electron chi connectivity index (χ3n) is 11.7. The van der Waals surface area contributed by atoms with Crippen molar-refractivity contribution in [3.63, 3.8) is 0 Å². The average Bonchev–Trinajstić information content (AvgIpc) is 3.21. The van der Waals surface area contributed by atoms with Gasteiger partial charge in [0.25, 0.3) is 29.5 Å². The van der Waals surface area contributed by atoms with Crippen molar-refractivity contribution >= 4 is 41.4 Å². The van der Waals surface area contributed by atoms with Crippen molar-refractivity contribution in [2.45, 2.75) is 147 Å². The molecule has 0 aromatic rings. The van der Waals surface area contributed by atoms with Crippen LogP contribution in [0.3, 0.4) is 0 Å². The summed E-state index contributed by atoms with van der Waals surface area (Å²) in [6, 6.07) is -8.32. The number of amides is 6. The van der Waals surface area contributed by atoms with Crippen LogP contribution in [0.5, 0.6) is 0 Å². The molecule has 0 saturated carbocycles. The number of nitrogens with zero attached hydrogens (tertiary/aromatic N) is 4. The average molecular weight is 857 g/mol. The van der Waals surface area contributed by atoms with E-state index in [0.29, 0.717) is 25.2 Å². The molecular formula is C38H64N8O14. The second kappa shape index (κ2) is 20.2. The standard InChI is InChI=1S/C38H64N8O14/c1-20(2)17-24-13-14-38(55,60-23(24)6)37(7,54)36(53)42-29-30(21(3)4)59-35(52)22(5)45(56)32(49)25-11-9-15-40-43(25)28(47)18-39-31(48)27(19-58-8)46(57)33(50)26-12-10-16-41-44(26)34(29)51/h20-27,29-30,40-41,54-57H,9-19H2,1-8H3,(H,39,48)(H,42,53)/t22-,23+,24+,25+,26-,27?,29+,30+,37+,38+/m1/s1. The molecule has 0 bridgehead atoms. The van der Waals surface area contributed by atoms with Gasteiger partial charge in [0, 0.05) is 26.6 Å². The van der Waals surface area contributed by atoms with E-state index < -0.39 is 114 Å². The summed E-state index contributed by atoms with van der Waals surface area (Å²) >= 11 is 0. The molecule has 22 heteroatoms. The number of fused-ring (bicyclic) bond motifs is 2. The van der Waals surface area contributed by atoms with E-state index in [4.69, 9.17) is 14.2 Å². The van der Waals surface area contributed by atoms with Crippen molar-refractivity contribution < 1.29 is 68.4 Å². The number of rotatable bonds is 8. The van der Waals surface area contributed by atoms with E-state index in [9.17, 15) is 54.2 Å². The summed E-state index contributed by atoms with van der Waals surface area (Å²) in [6.07, 6.45) is -0.563. The van der Waals surface area contributed by atoms with Gasteiger partial charge in [0.2, 0.25) is 11.7 Å². The number of hydrogen-bond donors (Lipinski definition) is 8. The van der Waals surface area contributed by atoms with Gasteiger partial charge >= 0.3 is 5.97 Å². The van der Waals surface area contributed by atoms with Crippen molar-refractivity contribution in [1.29, 1.82) is 0 Å². The number of esters is 1. The second-order valence-corrected chi connectivity index (χ2v) is 17.0. The molecule has 4 aliphatic rings. The predicted octanol–water partition coefficient (Wildman–Crippen LogP) is -1.70. The number of aliphatic hydroxyl groups is 2. The third-order valence-corrected chi connectivity index (χ3v) is 11.7. The minimum atomic E-state index is -2.72. The molecule has 8 N–H and O–H groups in total. The van der Waals surface area contributed by atoms with Gasteiger partial charge in [-0.1, -0.05) is 27.7 Å². The zero-order valence-electron chi connectivity index (χ0n) is 35.7. The number of methoxy groups -OCH3 is 1. The van der Waals surface area contributed by atoms with Crippen molar-refractivity contribution in [1.82, 2.24) is 41.6 Å². The van der Waals surface area contributed by atoms with Gasteiger partial charge in [0.15, 0.2) is 17.7 Å². The van der Waals surface area contributed by atoms with Gasteiger partial charge in [-0.3, -0.25) is 49.2 Å². The van der Waals surface area contributed by atoms with Crippen LogP contribution in [0.2, 0.25) is 0 Å². The maximum atomic E-state index is 14.8. The quantitative estimate of drug-likeness (QED) is 0.0998. The van der Waals surface area contributed by atoms with Crippen LogP contribution in [0.15, 0.2) is 0 Å². The van der Waals surface area contributed by atoms with E-state index in [-0.39, 0.29) is 48.4 Å². The molecule has 22 nitrogen and oxygen atoms in total. The van der Waals surface area contributed by atoms with Crippen molar-refractivity contribution in [2.24, 2.45) is 17.8 Å². The van der Waals surface area contributed by atoms with Gasteiger partial charge in [0.1, 0.15) is 24.2 Å². The minimum absolute atomic E-state index is 0.0137. The number of carbonyl (C=O) groups is 7. The van der Waals surface area contributed by atoms with Crippen LogP contribution >= 0.6 is 0 Å². The molecule has 0 spiro atoms. The zero-order chi connectivity index (χ0) is 44.9. The number of hydrogen-bond acceptors (Lipinski definition) is 16. The van der Waals surface area contributed by atoms with Crippen LogP contribution in [0, 0.1) is 17.8 Å². The van der Waals surface area contributed by atoms with E-state index in [0.717, 1.165) is 30.3 Å². The Morgan fingerprint density at radius 3 is 2.08 bits per heavy atom. The zero-order valence-corrected chi connectivity index (χ0v) is 35.7. The molecule has 0 aliphatic carbocycles. The van der Waals surface area contributed by atoms with Crippen LogP contribution in [0.25, 0.3) is 0 Å². The molecule has 4 fully saturated rings. The topological polar surface area (TPSA) is 289 Å². The molecular weight excluding hydrogens is 792 g/mol. The fourth-order valence-corrected chi connectivity index (χ4v) is 8.03. The SMILES string of the molecule is COCC1C(=O)NCC(=O)N2NCCC[C@H]2C(=O)N(O)[C@H](C)C(=O)O[C@@H](C(C)C)[C@H](NC(=O)[C@](C)(O)[C@]2(O)CC[C@@H](CC(C)C)[C@H](C)O2)C(=O)N2NCCC[C@@H]2C(=O)N1O. The lowest BCUT2D eigenvalue weighted by Gasteiger charge is -2.47. The highest BCUT2D eigenvalue weighted by atomic mass is 16.6. The molecule has 4 heterocycles. The number of carbonyl (C=O) groups excluding carboxylic acids is 7. The van der Waals surface area contributed by atoms with Crippen molar-refractivity contribution in [3.05, 3.63) is 0 Å². The number of hydroxylamine groups is 4. The largest absolute Gasteiger partial charge is 0.458 e. The van der Waals surface area contributed by atoms with E-state index >= 15 is 0 Å². The van der Waals surface area contributed by atoms with Gasteiger partial charge in [-0.15, -0.1) is 0 Å². The van der Waals surface area contributed by atoms with Gasteiger partial charge in [0.05, 0.1) is 19.3 Å². The molecule has 4 rings (SSSR count). The normalized spacial score (nSPS) is 33.3. The molecule has 4 saturated heterocycles. The maximum absolute atomic E-state index is 14.8. The summed E-state index contributed by atoms with van der Waals surface area (Å²) in [4.78, 5) is 97.5. The van der Waals surface area contributed by atoms with Gasteiger partial charge < -0.3 is 35.1 Å². The third kappa shape index (κ3) is 10.5. The van der Waals surface area contributed by atoms with Crippen LogP contribution in [0.1, 0.15) is 93.4 Å². The number of hydrazine groups is 2. The van der Waals surface area contributed by atoms with Crippen molar-refractivity contribution in [3.8, 4) is 0 Å². The summed E-state index contributed by atoms with van der Waals surface area (Å²) < 4.78 is 16.9. The molecule has 0 aromatic carbocycles. The Labute approximate surface area is 349 Å². The highest BCUT2D eigenvalue weighted by Gasteiger charge is 2.57. The Balaban J connectivity index is 1.79. The monoisotopic (exact) mass is 856 g/mol. The van der Waals surface area contributed by atoms with Crippen LogP contribution in [-0.4, -0.2) is 169 Å². The minimum Gasteiger partial charge on any atom is -0.458 e. The molecule has 60 heavy (non-hydrogen) atoms. The van der Waals surface area contributed by atoms with Crippen LogP contribution < -0.4 is 21.5 Å². The molecule has 4 aliphatic heterocycles. The first-order chi connectivity index (χ1) is 28.1. The summed E-state index contributed by atoms with van der Waals surface area (Å²) in [5, 5.41) is 52.5. The van der Waals surface area contributed by atoms with Gasteiger partial charge in [-0.2, -0.15) is 0 Å². The van der Waals surface area contributed by atoms with Crippen LogP contribution in [0.4, 0.5) is 0 Å². The Bertz CT molecular complexity index is 1600. The fourth-order valence-electron chi connectivity index (χ4n) is 8.03. The van der Waals surface area contributed by atoms with E-state index in [1.54, 1.807) is 6.92 Å². The van der Waals surface area contributed by atoms with Gasteiger partial charge in [-0.25, -0.2) is 25.8 Å². The Morgan fingerprint density at radius 2 is 1.52 bits per heavy atom. The number of nitrogens with one attached hydrogen (secondary N) is 4. The molecule has 340 valence electrons. The smallest absolute Gasteiger partial charge is 0.331 e.